The van der Waals surface area contributed by atoms with Crippen molar-refractivity contribution in [3.63, 3.8) is 0 Å². The Kier molecular flexibility index (Phi) is 3.28. The van der Waals surface area contributed by atoms with E-state index in [1.807, 2.05) is 49.4 Å². The van der Waals surface area contributed by atoms with Crippen LogP contribution in [-0.2, 0) is 13.0 Å². The van der Waals surface area contributed by atoms with Crippen LogP contribution in [0.15, 0.2) is 53.3 Å². The first-order valence-corrected chi connectivity index (χ1v) is 8.87. The van der Waals surface area contributed by atoms with Crippen LogP contribution in [0.25, 0.3) is 33.4 Å². The Morgan fingerprint density at radius 3 is 2.88 bits per heavy atom. The van der Waals surface area contributed by atoms with Gasteiger partial charge in [0.25, 0.3) is 0 Å². The highest BCUT2D eigenvalue weighted by Crippen LogP contribution is 2.39. The first-order valence-electron chi connectivity index (χ1n) is 8.87. The van der Waals surface area contributed by atoms with Crippen molar-refractivity contribution in [2.24, 2.45) is 0 Å². The Balaban J connectivity index is 1.87. The van der Waals surface area contributed by atoms with Gasteiger partial charge in [-0.15, -0.1) is 0 Å². The number of pyridine rings is 2. The minimum absolute atomic E-state index is 0.0974. The van der Waals surface area contributed by atoms with Crippen LogP contribution >= 0.6 is 0 Å². The second-order valence-corrected chi connectivity index (χ2v) is 6.75. The van der Waals surface area contributed by atoms with Crippen LogP contribution in [-0.4, -0.2) is 19.7 Å². The van der Waals surface area contributed by atoms with Crippen LogP contribution in [0.1, 0.15) is 17.8 Å². The summed E-state index contributed by atoms with van der Waals surface area (Å²) in [5.74, 6) is 0. The van der Waals surface area contributed by atoms with Crippen LogP contribution in [0.3, 0.4) is 0 Å². The lowest BCUT2D eigenvalue weighted by atomic mass is 9.96. The van der Waals surface area contributed by atoms with Crippen LogP contribution < -0.4 is 5.56 Å². The number of para-hydroxylation sites is 1. The molecule has 5 rings (SSSR count). The van der Waals surface area contributed by atoms with Gasteiger partial charge in [-0.2, -0.15) is 5.10 Å². The van der Waals surface area contributed by atoms with Crippen molar-refractivity contribution in [1.29, 1.82) is 0 Å². The molecule has 0 aliphatic carbocycles. The number of fused-ring (bicyclic) bond motifs is 2. The number of aromatic amines is 1. The molecule has 0 atom stereocenters. The monoisotopic (exact) mass is 342 g/mol. The first kappa shape index (κ1) is 15.1. The Hall–Kier alpha value is -3.21. The molecule has 0 saturated carbocycles. The molecule has 1 aliphatic rings. The molecule has 0 fully saturated rings. The predicted molar refractivity (Wildman–Crippen MR) is 102 cm³/mol. The number of hydrogen-bond donors (Lipinski definition) is 1. The van der Waals surface area contributed by atoms with Gasteiger partial charge in [0.1, 0.15) is 5.69 Å². The fraction of sp³-hybridized carbons (Fsp3) is 0.190. The van der Waals surface area contributed by atoms with E-state index in [1.54, 1.807) is 6.07 Å². The molecule has 5 heteroatoms. The molecule has 0 amide bonds. The number of aryl methyl sites for hydroxylation is 2. The molecular weight excluding hydrogens is 324 g/mol. The summed E-state index contributed by atoms with van der Waals surface area (Å²) in [4.78, 5) is 19.9. The molecule has 0 bridgehead atoms. The maximum atomic E-state index is 12.3. The van der Waals surface area contributed by atoms with Crippen molar-refractivity contribution in [1.82, 2.24) is 19.7 Å². The predicted octanol–water partition coefficient (Wildman–Crippen LogP) is 3.71. The summed E-state index contributed by atoms with van der Waals surface area (Å²) in [5.41, 5.74) is 6.59. The van der Waals surface area contributed by atoms with E-state index in [0.29, 0.717) is 0 Å². The molecule has 0 saturated heterocycles. The molecule has 1 aromatic carbocycles. The number of aromatic nitrogens is 4. The molecule has 0 spiro atoms. The van der Waals surface area contributed by atoms with E-state index < -0.39 is 0 Å². The molecule has 4 aromatic rings. The van der Waals surface area contributed by atoms with Gasteiger partial charge in [0.15, 0.2) is 0 Å². The number of nitrogens with zero attached hydrogens (tertiary/aromatic N) is 3. The van der Waals surface area contributed by atoms with E-state index in [0.717, 1.165) is 58.5 Å². The van der Waals surface area contributed by atoms with Crippen molar-refractivity contribution in [3.8, 4) is 22.5 Å². The van der Waals surface area contributed by atoms with Gasteiger partial charge in [-0.3, -0.25) is 14.5 Å². The van der Waals surface area contributed by atoms with E-state index in [4.69, 9.17) is 5.10 Å². The van der Waals surface area contributed by atoms with E-state index in [9.17, 15) is 4.79 Å². The summed E-state index contributed by atoms with van der Waals surface area (Å²) in [5, 5.41) is 5.89. The molecule has 1 aliphatic heterocycles. The number of benzene rings is 1. The third kappa shape index (κ3) is 2.28. The second kappa shape index (κ2) is 5.66. The Bertz CT molecular complexity index is 1200. The molecule has 3 aromatic heterocycles. The molecule has 0 unspecified atom stereocenters. The van der Waals surface area contributed by atoms with Gasteiger partial charge >= 0.3 is 0 Å². The van der Waals surface area contributed by atoms with E-state index in [2.05, 4.69) is 14.6 Å². The van der Waals surface area contributed by atoms with Crippen LogP contribution in [0.2, 0.25) is 0 Å². The van der Waals surface area contributed by atoms with Crippen molar-refractivity contribution in [3.05, 3.63) is 70.3 Å². The van der Waals surface area contributed by atoms with Gasteiger partial charge in [0.2, 0.25) is 5.56 Å². The van der Waals surface area contributed by atoms with Crippen molar-refractivity contribution >= 4 is 10.9 Å². The minimum atomic E-state index is -0.0974. The van der Waals surface area contributed by atoms with E-state index in [1.165, 1.54) is 5.69 Å². The first-order chi connectivity index (χ1) is 12.7. The van der Waals surface area contributed by atoms with Crippen LogP contribution in [0.5, 0.6) is 0 Å². The lowest BCUT2D eigenvalue weighted by molar-refractivity contribution is 0.658. The fourth-order valence-corrected chi connectivity index (χ4v) is 3.88. The van der Waals surface area contributed by atoms with Gasteiger partial charge in [0.05, 0.1) is 5.69 Å². The Morgan fingerprint density at radius 2 is 2.00 bits per heavy atom. The fourth-order valence-electron chi connectivity index (χ4n) is 3.88. The normalized spacial score (nSPS) is 13.3. The van der Waals surface area contributed by atoms with Gasteiger partial charge in [-0.25, -0.2) is 0 Å². The summed E-state index contributed by atoms with van der Waals surface area (Å²) < 4.78 is 2.07. The van der Waals surface area contributed by atoms with Crippen molar-refractivity contribution in [2.45, 2.75) is 26.3 Å². The summed E-state index contributed by atoms with van der Waals surface area (Å²) >= 11 is 0. The van der Waals surface area contributed by atoms with E-state index in [-0.39, 0.29) is 5.56 Å². The van der Waals surface area contributed by atoms with Gasteiger partial charge in [-0.1, -0.05) is 24.3 Å². The minimum Gasteiger partial charge on any atom is -0.322 e. The molecule has 5 nitrogen and oxygen atoms in total. The summed E-state index contributed by atoms with van der Waals surface area (Å²) in [6.07, 6.45) is 2.05. The van der Waals surface area contributed by atoms with Crippen molar-refractivity contribution in [2.75, 3.05) is 0 Å². The highest BCUT2D eigenvalue weighted by atomic mass is 16.1. The lowest BCUT2D eigenvalue weighted by Crippen LogP contribution is -2.05. The van der Waals surface area contributed by atoms with Crippen LogP contribution in [0.4, 0.5) is 0 Å². The Morgan fingerprint density at radius 1 is 1.12 bits per heavy atom. The average molecular weight is 342 g/mol. The maximum absolute atomic E-state index is 12.3. The third-order valence-electron chi connectivity index (χ3n) is 4.99. The summed E-state index contributed by atoms with van der Waals surface area (Å²) in [7, 11) is 0. The molecule has 26 heavy (non-hydrogen) atoms. The molecule has 4 heterocycles. The van der Waals surface area contributed by atoms with Crippen LogP contribution in [0, 0.1) is 6.92 Å². The smallest absolute Gasteiger partial charge is 0.249 e. The zero-order valence-electron chi connectivity index (χ0n) is 14.5. The zero-order valence-corrected chi connectivity index (χ0v) is 14.5. The average Bonchev–Trinajstić information content (AvgIpc) is 3.22. The van der Waals surface area contributed by atoms with Gasteiger partial charge in [-0.05, 0) is 38.0 Å². The largest absolute Gasteiger partial charge is 0.322 e. The molecule has 128 valence electrons. The quantitative estimate of drug-likeness (QED) is 0.604. The topological polar surface area (TPSA) is 63.6 Å². The SMILES string of the molecule is Cc1cccc(-c2nn3c(c2-c2cc(=O)[nH]c4ccccc24)CCC3)n1. The summed E-state index contributed by atoms with van der Waals surface area (Å²) in [6.45, 7) is 2.89. The lowest BCUT2D eigenvalue weighted by Gasteiger charge is -2.09. The van der Waals surface area contributed by atoms with Crippen molar-refractivity contribution < 1.29 is 0 Å². The highest BCUT2D eigenvalue weighted by molar-refractivity contribution is 5.98. The Labute approximate surface area is 150 Å². The summed E-state index contributed by atoms with van der Waals surface area (Å²) in [6, 6.07) is 15.6. The van der Waals surface area contributed by atoms with Gasteiger partial charge in [0, 0.05) is 46.0 Å². The number of nitrogens with one attached hydrogen (secondary N) is 1. The molecule has 0 radical (unpaired) electrons. The standard InChI is InChI=1S/C21H18N4O/c1-13-6-4-9-17(22-13)21-20(18-10-5-11-25(18)24-21)15-12-19(26)23-16-8-3-2-7-14(15)16/h2-4,6-9,12H,5,10-11H2,1H3,(H,23,26). The maximum Gasteiger partial charge on any atom is 0.249 e. The zero-order chi connectivity index (χ0) is 17.7. The molecule has 1 N–H and O–H groups in total. The second-order valence-electron chi connectivity index (χ2n) is 6.75. The number of hydrogen-bond acceptors (Lipinski definition) is 3. The molecular formula is C21H18N4O. The number of rotatable bonds is 2. The number of H-pyrrole nitrogens is 1. The highest BCUT2D eigenvalue weighted by Gasteiger charge is 2.25. The third-order valence-corrected chi connectivity index (χ3v) is 4.99. The van der Waals surface area contributed by atoms with Gasteiger partial charge < -0.3 is 4.98 Å². The van der Waals surface area contributed by atoms with E-state index >= 15 is 0 Å².